The number of hydrogen-bond donors (Lipinski definition) is 3. The smallest absolute Gasteiger partial charge is 1.00 e. The summed E-state index contributed by atoms with van der Waals surface area (Å²) in [7, 11) is 0. The molecule has 1 saturated carbocycles. The summed E-state index contributed by atoms with van der Waals surface area (Å²) in [5.41, 5.74) is -0.422. The first-order valence-corrected chi connectivity index (χ1v) is 12.9. The Bertz CT molecular complexity index is 1690. The molecule has 1 aromatic heterocycles. The first kappa shape index (κ1) is 31.9. The normalized spacial score (nSPS) is 12.9. The van der Waals surface area contributed by atoms with Gasteiger partial charge in [0.05, 0.1) is 12.1 Å². The van der Waals surface area contributed by atoms with Crippen LogP contribution < -0.4 is 24.8 Å². The summed E-state index contributed by atoms with van der Waals surface area (Å²) in [5.74, 6) is -2.94. The summed E-state index contributed by atoms with van der Waals surface area (Å²) < 4.78 is 45.0. The quantitative estimate of drug-likeness (QED) is 0.151. The van der Waals surface area contributed by atoms with Crippen molar-refractivity contribution in [3.05, 3.63) is 78.5 Å². The standard InChI is InChI=1S/C30H25F2N3O7.Ca.2H/c1-2-40-25-14-20-22(15-26(25)41-16-27(36)37)33-12-9-23(20)42-24-8-7-19(13-21(24)32)35-29(39)30(10-11-30)28(38)34-18-5-3-17(31)4-6-18;;;/h3-9,12-15H,2,10-11,16H2,1H3,(H,34,38)(H,35,39)(H,36,37);;;/q;+2;2*-1. The fourth-order valence-electron chi connectivity index (χ4n) is 4.23. The molecule has 5 rings (SSSR count). The van der Waals surface area contributed by atoms with Crippen molar-refractivity contribution in [2.45, 2.75) is 19.8 Å². The number of ether oxygens (including phenoxy) is 3. The van der Waals surface area contributed by atoms with Gasteiger partial charge in [0.1, 0.15) is 17.0 Å². The van der Waals surface area contributed by atoms with Gasteiger partial charge >= 0.3 is 43.7 Å². The van der Waals surface area contributed by atoms with E-state index in [1.807, 2.05) is 0 Å². The monoisotopic (exact) mass is 619 g/mol. The van der Waals surface area contributed by atoms with Crippen LogP contribution in [0.4, 0.5) is 20.2 Å². The number of nitrogens with one attached hydrogen (secondary N) is 2. The number of nitrogens with zero attached hydrogens (tertiary/aromatic N) is 1. The molecule has 0 bridgehead atoms. The van der Waals surface area contributed by atoms with Gasteiger partial charge in [0.15, 0.2) is 29.7 Å². The van der Waals surface area contributed by atoms with E-state index >= 15 is 4.39 Å². The van der Waals surface area contributed by atoms with Crippen LogP contribution in [0.2, 0.25) is 0 Å². The molecule has 43 heavy (non-hydrogen) atoms. The fourth-order valence-corrected chi connectivity index (χ4v) is 4.23. The van der Waals surface area contributed by atoms with E-state index in [0.717, 1.165) is 6.07 Å². The zero-order valence-corrected chi connectivity index (χ0v) is 25.2. The maximum absolute atomic E-state index is 15.1. The van der Waals surface area contributed by atoms with Crippen LogP contribution in [0, 0.1) is 17.0 Å². The van der Waals surface area contributed by atoms with E-state index in [4.69, 9.17) is 19.3 Å². The Morgan fingerprint density at radius 1 is 0.884 bits per heavy atom. The van der Waals surface area contributed by atoms with Gasteiger partial charge in [0.2, 0.25) is 11.8 Å². The second-order valence-electron chi connectivity index (χ2n) is 9.49. The van der Waals surface area contributed by atoms with Gasteiger partial charge < -0.3 is 32.8 Å². The zero-order chi connectivity index (χ0) is 29.9. The van der Waals surface area contributed by atoms with E-state index in [2.05, 4.69) is 15.6 Å². The number of carboxylic acid groups (broad SMARTS) is 1. The van der Waals surface area contributed by atoms with Crippen LogP contribution in [0.1, 0.15) is 22.6 Å². The van der Waals surface area contributed by atoms with Crippen molar-refractivity contribution >= 4 is 77.8 Å². The molecule has 0 atom stereocenters. The number of benzene rings is 3. The number of carboxylic acids is 1. The largest absolute Gasteiger partial charge is 2.00 e. The molecule has 0 aliphatic heterocycles. The summed E-state index contributed by atoms with van der Waals surface area (Å²) in [6, 6.07) is 13.6. The summed E-state index contributed by atoms with van der Waals surface area (Å²) >= 11 is 0. The van der Waals surface area contributed by atoms with Gasteiger partial charge in [-0.25, -0.2) is 13.6 Å². The van der Waals surface area contributed by atoms with Gasteiger partial charge in [-0.2, -0.15) is 0 Å². The summed E-state index contributed by atoms with van der Waals surface area (Å²) in [6.07, 6.45) is 2.08. The topological polar surface area (TPSA) is 136 Å². The maximum Gasteiger partial charge on any atom is 2.00 e. The van der Waals surface area contributed by atoms with Crippen molar-refractivity contribution < 1.29 is 45.3 Å². The minimum atomic E-state index is -1.30. The third-order valence-electron chi connectivity index (χ3n) is 6.55. The molecule has 2 amide bonds. The molecule has 4 aromatic rings. The number of amides is 2. The van der Waals surface area contributed by atoms with Gasteiger partial charge in [-0.3, -0.25) is 14.6 Å². The molecular weight excluding hydrogens is 592 g/mol. The Hall–Kier alpha value is -4.00. The van der Waals surface area contributed by atoms with Crippen molar-refractivity contribution in [1.82, 2.24) is 4.98 Å². The van der Waals surface area contributed by atoms with Crippen LogP contribution in [0.25, 0.3) is 10.9 Å². The van der Waals surface area contributed by atoms with Gasteiger partial charge in [-0.05, 0) is 68.3 Å². The van der Waals surface area contributed by atoms with E-state index in [9.17, 15) is 18.8 Å². The molecule has 3 N–H and O–H groups in total. The van der Waals surface area contributed by atoms with Gasteiger partial charge in [0, 0.05) is 35.1 Å². The summed E-state index contributed by atoms with van der Waals surface area (Å²) in [4.78, 5) is 41.0. The Labute approximate surface area is 277 Å². The Kier molecular flexibility index (Phi) is 10.0. The molecule has 1 fully saturated rings. The SMILES string of the molecule is CCOc1cc2c(Oc3ccc(NC(=O)C4(C(=O)Nc5ccc(F)cc5)CC4)cc3F)ccnc2cc1OCC(=O)O.[Ca+2].[H-].[H-]. The fraction of sp³-hybridized carbons (Fsp3) is 0.200. The molecule has 0 spiro atoms. The number of aromatic nitrogens is 1. The molecule has 1 heterocycles. The number of pyridine rings is 1. The van der Waals surface area contributed by atoms with Gasteiger partial charge in [-0.1, -0.05) is 0 Å². The molecule has 220 valence electrons. The number of hydrogen-bond acceptors (Lipinski definition) is 7. The van der Waals surface area contributed by atoms with E-state index in [1.165, 1.54) is 54.7 Å². The number of carbonyl (C=O) groups is 3. The third kappa shape index (κ3) is 7.32. The van der Waals surface area contributed by atoms with E-state index < -0.39 is 41.4 Å². The van der Waals surface area contributed by atoms with Crippen LogP contribution in [0.5, 0.6) is 23.0 Å². The van der Waals surface area contributed by atoms with Crippen molar-refractivity contribution in [2.24, 2.45) is 5.41 Å². The second-order valence-corrected chi connectivity index (χ2v) is 9.49. The minimum Gasteiger partial charge on any atom is -1.00 e. The Morgan fingerprint density at radius 3 is 2.16 bits per heavy atom. The van der Waals surface area contributed by atoms with Crippen molar-refractivity contribution in [2.75, 3.05) is 23.8 Å². The summed E-state index contributed by atoms with van der Waals surface area (Å²) in [6.45, 7) is 1.46. The Morgan fingerprint density at radius 2 is 1.53 bits per heavy atom. The number of anilines is 2. The zero-order valence-electron chi connectivity index (χ0n) is 25.0. The molecule has 13 heteroatoms. The van der Waals surface area contributed by atoms with Crippen LogP contribution in [-0.2, 0) is 14.4 Å². The molecular formula is C30H27CaF2N3O7. The molecule has 1 aliphatic carbocycles. The molecule has 0 saturated heterocycles. The number of halogens is 2. The summed E-state index contributed by atoms with van der Waals surface area (Å²) in [5, 5.41) is 14.6. The van der Waals surface area contributed by atoms with E-state index in [1.54, 1.807) is 13.0 Å². The first-order valence-electron chi connectivity index (χ1n) is 12.9. The number of rotatable bonds is 11. The Balaban J connectivity index is 0.00000235. The molecule has 0 unspecified atom stereocenters. The third-order valence-corrected chi connectivity index (χ3v) is 6.55. The van der Waals surface area contributed by atoms with Crippen LogP contribution in [0.15, 0.2) is 66.9 Å². The number of fused-ring (bicyclic) bond motifs is 1. The second kappa shape index (κ2) is 13.5. The average molecular weight is 620 g/mol. The van der Waals surface area contributed by atoms with Crippen molar-refractivity contribution in [3.8, 4) is 23.0 Å². The average Bonchev–Trinajstić information content (AvgIpc) is 3.77. The minimum absolute atomic E-state index is 0. The predicted octanol–water partition coefficient (Wildman–Crippen LogP) is 5.37. The van der Waals surface area contributed by atoms with Crippen LogP contribution in [-0.4, -0.2) is 78.8 Å². The van der Waals surface area contributed by atoms with E-state index in [-0.39, 0.29) is 75.9 Å². The number of aliphatic carboxylic acids is 1. The molecule has 0 radical (unpaired) electrons. The predicted molar refractivity (Wildman–Crippen MR) is 156 cm³/mol. The molecule has 3 aromatic carbocycles. The van der Waals surface area contributed by atoms with Gasteiger partial charge in [-0.15, -0.1) is 0 Å². The van der Waals surface area contributed by atoms with Crippen LogP contribution in [0.3, 0.4) is 0 Å². The first-order chi connectivity index (χ1) is 20.2. The van der Waals surface area contributed by atoms with E-state index in [0.29, 0.717) is 29.4 Å². The molecule has 10 nitrogen and oxygen atoms in total. The van der Waals surface area contributed by atoms with Crippen LogP contribution >= 0.6 is 0 Å². The van der Waals surface area contributed by atoms with Crippen molar-refractivity contribution in [1.29, 1.82) is 0 Å². The maximum atomic E-state index is 15.1. The van der Waals surface area contributed by atoms with Crippen molar-refractivity contribution in [3.63, 3.8) is 0 Å². The number of carbonyl (C=O) groups excluding carboxylic acids is 2. The van der Waals surface area contributed by atoms with Gasteiger partial charge in [0.25, 0.3) is 0 Å². The molecule has 1 aliphatic rings.